The number of benzene rings is 1. The first-order chi connectivity index (χ1) is 13.7. The van der Waals surface area contributed by atoms with Crippen molar-refractivity contribution in [2.24, 2.45) is 5.92 Å². The average molecular weight is 405 g/mol. The lowest BCUT2D eigenvalue weighted by molar-refractivity contribution is -0.145. The monoisotopic (exact) mass is 405 g/mol. The van der Waals surface area contributed by atoms with Crippen molar-refractivity contribution in [2.45, 2.75) is 32.9 Å². The van der Waals surface area contributed by atoms with Crippen molar-refractivity contribution in [3.8, 4) is 17.0 Å². The maximum atomic E-state index is 13.4. The number of ether oxygens (including phenoxy) is 2. The molecule has 8 nitrogen and oxygen atoms in total. The minimum atomic E-state index is -0.816. The molecule has 0 radical (unpaired) electrons. The summed E-state index contributed by atoms with van der Waals surface area (Å²) in [7, 11) is 2.64. The van der Waals surface area contributed by atoms with Gasteiger partial charge in [0.1, 0.15) is 24.2 Å². The Kier molecular flexibility index (Phi) is 7.46. The molecule has 1 heterocycles. The SMILES string of the molecule is COC(=O)[C@@H](CC(C)C)NC(=O)Cn1nc(-c2ccc(F)cc2OC)ccc1=O. The molecule has 0 saturated heterocycles. The molecule has 9 heteroatoms. The van der Waals surface area contributed by atoms with E-state index in [1.807, 2.05) is 13.8 Å². The molecule has 0 bridgehead atoms. The van der Waals surface area contributed by atoms with E-state index in [4.69, 9.17) is 9.47 Å². The maximum absolute atomic E-state index is 13.4. The lowest BCUT2D eigenvalue weighted by Gasteiger charge is -2.18. The summed E-state index contributed by atoms with van der Waals surface area (Å²) in [5.41, 5.74) is 0.305. The zero-order chi connectivity index (χ0) is 21.6. The van der Waals surface area contributed by atoms with Gasteiger partial charge in [0.25, 0.3) is 5.56 Å². The zero-order valence-corrected chi connectivity index (χ0v) is 16.8. The second-order valence-corrected chi connectivity index (χ2v) is 6.83. The summed E-state index contributed by atoms with van der Waals surface area (Å²) in [5.74, 6) is -1.20. The number of methoxy groups -OCH3 is 2. The van der Waals surface area contributed by atoms with Crippen LogP contribution in [0.4, 0.5) is 4.39 Å². The molecule has 1 N–H and O–H groups in total. The molecule has 2 aromatic rings. The van der Waals surface area contributed by atoms with Gasteiger partial charge < -0.3 is 14.8 Å². The second-order valence-electron chi connectivity index (χ2n) is 6.83. The van der Waals surface area contributed by atoms with E-state index in [2.05, 4.69) is 10.4 Å². The first kappa shape index (κ1) is 22.1. The highest BCUT2D eigenvalue weighted by Crippen LogP contribution is 2.28. The van der Waals surface area contributed by atoms with E-state index in [-0.39, 0.29) is 18.2 Å². The number of amides is 1. The summed E-state index contributed by atoms with van der Waals surface area (Å²) in [6.07, 6.45) is 0.396. The quantitative estimate of drug-likeness (QED) is 0.672. The minimum Gasteiger partial charge on any atom is -0.496 e. The lowest BCUT2D eigenvalue weighted by atomic mass is 10.0. The molecule has 0 aliphatic rings. The second kappa shape index (κ2) is 9.81. The van der Waals surface area contributed by atoms with Crippen molar-refractivity contribution in [3.63, 3.8) is 0 Å². The molecule has 2 rings (SSSR count). The number of carbonyl (C=O) groups excluding carboxylic acids is 2. The topological polar surface area (TPSA) is 99.5 Å². The van der Waals surface area contributed by atoms with Crippen LogP contribution in [0.3, 0.4) is 0 Å². The Morgan fingerprint density at radius 3 is 2.55 bits per heavy atom. The zero-order valence-electron chi connectivity index (χ0n) is 16.8. The van der Waals surface area contributed by atoms with Crippen LogP contribution in [0.5, 0.6) is 5.75 Å². The van der Waals surface area contributed by atoms with Crippen LogP contribution < -0.4 is 15.6 Å². The van der Waals surface area contributed by atoms with Crippen molar-refractivity contribution in [1.29, 1.82) is 0 Å². The molecular weight excluding hydrogens is 381 g/mol. The lowest BCUT2D eigenvalue weighted by Crippen LogP contribution is -2.44. The van der Waals surface area contributed by atoms with Crippen LogP contribution in [-0.2, 0) is 20.9 Å². The molecular formula is C20H24FN3O5. The molecule has 0 saturated carbocycles. The predicted octanol–water partition coefficient (Wildman–Crippen LogP) is 1.76. The van der Waals surface area contributed by atoms with Gasteiger partial charge in [-0.05, 0) is 30.5 Å². The summed E-state index contributed by atoms with van der Waals surface area (Å²) >= 11 is 0. The van der Waals surface area contributed by atoms with Gasteiger partial charge in [-0.15, -0.1) is 0 Å². The van der Waals surface area contributed by atoms with Crippen molar-refractivity contribution < 1.29 is 23.5 Å². The molecule has 1 aromatic carbocycles. The van der Waals surface area contributed by atoms with Gasteiger partial charge in [-0.1, -0.05) is 13.8 Å². The normalized spacial score (nSPS) is 11.8. The van der Waals surface area contributed by atoms with Crippen LogP contribution in [0, 0.1) is 11.7 Å². The van der Waals surface area contributed by atoms with Crippen LogP contribution in [0.2, 0.25) is 0 Å². The Labute approximate surface area is 167 Å². The third-order valence-corrected chi connectivity index (χ3v) is 4.13. The van der Waals surface area contributed by atoms with Crippen molar-refractivity contribution in [1.82, 2.24) is 15.1 Å². The van der Waals surface area contributed by atoms with Gasteiger partial charge in [-0.25, -0.2) is 13.9 Å². The number of nitrogens with zero attached hydrogens (tertiary/aromatic N) is 2. The Balaban J connectivity index is 2.25. The number of aromatic nitrogens is 2. The van der Waals surface area contributed by atoms with Gasteiger partial charge in [0.15, 0.2) is 0 Å². The van der Waals surface area contributed by atoms with Gasteiger partial charge in [0, 0.05) is 17.7 Å². The van der Waals surface area contributed by atoms with Gasteiger partial charge in [0.05, 0.1) is 19.9 Å². The fourth-order valence-corrected chi connectivity index (χ4v) is 2.79. The number of halogens is 1. The predicted molar refractivity (Wildman–Crippen MR) is 104 cm³/mol. The highest BCUT2D eigenvalue weighted by Gasteiger charge is 2.23. The summed E-state index contributed by atoms with van der Waals surface area (Å²) < 4.78 is 24.3. The number of carbonyl (C=O) groups is 2. The summed E-state index contributed by atoms with van der Waals surface area (Å²) in [5, 5.41) is 6.76. The maximum Gasteiger partial charge on any atom is 0.328 e. The third kappa shape index (κ3) is 5.87. The van der Waals surface area contributed by atoms with Crippen molar-refractivity contribution in [3.05, 3.63) is 46.5 Å². The Morgan fingerprint density at radius 1 is 1.21 bits per heavy atom. The first-order valence-electron chi connectivity index (χ1n) is 9.04. The van der Waals surface area contributed by atoms with E-state index < -0.39 is 29.3 Å². The third-order valence-electron chi connectivity index (χ3n) is 4.13. The fraction of sp³-hybridized carbons (Fsp3) is 0.400. The highest BCUT2D eigenvalue weighted by molar-refractivity contribution is 5.84. The van der Waals surface area contributed by atoms with E-state index in [0.29, 0.717) is 17.7 Å². The van der Waals surface area contributed by atoms with Crippen LogP contribution >= 0.6 is 0 Å². The van der Waals surface area contributed by atoms with E-state index >= 15 is 0 Å². The number of rotatable bonds is 8. The van der Waals surface area contributed by atoms with E-state index in [1.165, 1.54) is 44.6 Å². The molecule has 0 fully saturated rings. The van der Waals surface area contributed by atoms with E-state index in [0.717, 1.165) is 4.68 Å². The molecule has 156 valence electrons. The van der Waals surface area contributed by atoms with Gasteiger partial charge in [-0.3, -0.25) is 9.59 Å². The van der Waals surface area contributed by atoms with Crippen LogP contribution in [0.25, 0.3) is 11.3 Å². The molecule has 0 aliphatic heterocycles. The van der Waals surface area contributed by atoms with E-state index in [1.54, 1.807) is 0 Å². The van der Waals surface area contributed by atoms with Crippen LogP contribution in [0.15, 0.2) is 35.1 Å². The van der Waals surface area contributed by atoms with Crippen LogP contribution in [-0.4, -0.2) is 41.9 Å². The summed E-state index contributed by atoms with van der Waals surface area (Å²) in [6.45, 7) is 3.43. The summed E-state index contributed by atoms with van der Waals surface area (Å²) in [4.78, 5) is 36.4. The molecule has 1 atom stereocenters. The minimum absolute atomic E-state index is 0.148. The summed E-state index contributed by atoms with van der Waals surface area (Å²) in [6, 6.07) is 5.82. The van der Waals surface area contributed by atoms with Gasteiger partial charge in [0.2, 0.25) is 5.91 Å². The number of hydrogen-bond acceptors (Lipinski definition) is 6. The molecule has 29 heavy (non-hydrogen) atoms. The smallest absolute Gasteiger partial charge is 0.328 e. The molecule has 0 unspecified atom stereocenters. The first-order valence-corrected chi connectivity index (χ1v) is 9.04. The average Bonchev–Trinajstić information content (AvgIpc) is 2.68. The molecule has 0 aliphatic carbocycles. The number of hydrogen-bond donors (Lipinski definition) is 1. The Bertz CT molecular complexity index is 942. The molecule has 1 aromatic heterocycles. The fourth-order valence-electron chi connectivity index (χ4n) is 2.79. The van der Waals surface area contributed by atoms with Gasteiger partial charge >= 0.3 is 5.97 Å². The van der Waals surface area contributed by atoms with E-state index in [9.17, 15) is 18.8 Å². The standard InChI is InChI=1S/C20H24FN3O5/c1-12(2)9-16(20(27)29-4)22-18(25)11-24-19(26)8-7-15(23-24)14-6-5-13(21)10-17(14)28-3/h5-8,10,12,16H,9,11H2,1-4H3,(H,22,25)/t16-/m1/s1. The van der Waals surface area contributed by atoms with Crippen molar-refractivity contribution in [2.75, 3.05) is 14.2 Å². The number of nitrogens with one attached hydrogen (secondary N) is 1. The molecule has 1 amide bonds. The number of esters is 1. The Hall–Kier alpha value is -3.23. The van der Waals surface area contributed by atoms with Gasteiger partial charge in [-0.2, -0.15) is 5.10 Å². The molecule has 0 spiro atoms. The van der Waals surface area contributed by atoms with Crippen LogP contribution in [0.1, 0.15) is 20.3 Å². The van der Waals surface area contributed by atoms with Crippen molar-refractivity contribution >= 4 is 11.9 Å². The Morgan fingerprint density at radius 2 is 1.93 bits per heavy atom. The largest absolute Gasteiger partial charge is 0.496 e. The highest BCUT2D eigenvalue weighted by atomic mass is 19.1.